The van der Waals surface area contributed by atoms with Crippen molar-refractivity contribution >= 4 is 15.7 Å². The van der Waals surface area contributed by atoms with Gasteiger partial charge >= 0.3 is 0 Å². The van der Waals surface area contributed by atoms with E-state index in [0.29, 0.717) is 11.7 Å². The zero-order valence-corrected chi connectivity index (χ0v) is 12.7. The number of nitrogens with one attached hydrogen (secondary N) is 1. The lowest BCUT2D eigenvalue weighted by Gasteiger charge is -2.34. The van der Waals surface area contributed by atoms with Gasteiger partial charge in [0.1, 0.15) is 0 Å². The van der Waals surface area contributed by atoms with Gasteiger partial charge < -0.3 is 0 Å². The molecule has 2 fully saturated rings. The Morgan fingerprint density at radius 2 is 1.85 bits per heavy atom. The minimum Gasteiger partial charge on any atom is -0.293 e. The molecule has 1 aromatic rings. The van der Waals surface area contributed by atoms with E-state index in [1.165, 1.54) is 50.5 Å². The average molecular weight is 294 g/mol. The average Bonchev–Trinajstić information content (AvgIpc) is 2.82. The van der Waals surface area contributed by atoms with Crippen LogP contribution in [-0.4, -0.2) is 32.2 Å². The van der Waals surface area contributed by atoms with Gasteiger partial charge in [-0.3, -0.25) is 9.62 Å². The van der Waals surface area contributed by atoms with Gasteiger partial charge in [-0.1, -0.05) is 18.6 Å². The van der Waals surface area contributed by atoms with Crippen LogP contribution in [-0.2, 0) is 10.0 Å². The summed E-state index contributed by atoms with van der Waals surface area (Å²) in [5.74, 6) is 0. The van der Waals surface area contributed by atoms with E-state index in [4.69, 9.17) is 0 Å². The van der Waals surface area contributed by atoms with Crippen LogP contribution in [0.5, 0.6) is 0 Å². The molecule has 0 amide bonds. The Morgan fingerprint density at radius 3 is 2.55 bits per heavy atom. The van der Waals surface area contributed by atoms with E-state index in [9.17, 15) is 8.42 Å². The molecule has 0 aliphatic carbocycles. The molecule has 0 unspecified atom stereocenters. The third kappa shape index (κ3) is 2.99. The molecule has 2 aliphatic rings. The fourth-order valence-corrected chi connectivity index (χ4v) is 4.17. The Bertz CT molecular complexity index is 568. The summed E-state index contributed by atoms with van der Waals surface area (Å²) in [5, 5.41) is 0. The second kappa shape index (κ2) is 5.37. The molecule has 1 aromatic carbocycles. The van der Waals surface area contributed by atoms with Crippen LogP contribution in [0, 0.1) is 0 Å². The van der Waals surface area contributed by atoms with Crippen molar-refractivity contribution in [1.82, 2.24) is 4.90 Å². The molecule has 2 saturated heterocycles. The normalized spacial score (nSPS) is 27.2. The number of hydrogen-bond acceptors (Lipinski definition) is 3. The second-order valence-corrected chi connectivity index (χ2v) is 7.73. The van der Waals surface area contributed by atoms with Crippen LogP contribution in [0.3, 0.4) is 0 Å². The van der Waals surface area contributed by atoms with E-state index in [1.54, 1.807) is 0 Å². The quantitative estimate of drug-likeness (QED) is 0.932. The Hall–Kier alpha value is -1.07. The summed E-state index contributed by atoms with van der Waals surface area (Å²) >= 11 is 0. The fourth-order valence-electron chi connectivity index (χ4n) is 3.60. The molecule has 0 bridgehead atoms. The Morgan fingerprint density at radius 1 is 1.10 bits per heavy atom. The summed E-state index contributed by atoms with van der Waals surface area (Å²) in [6.07, 6.45) is 7.71. The maximum absolute atomic E-state index is 11.2. The van der Waals surface area contributed by atoms with Gasteiger partial charge in [0, 0.05) is 17.8 Å². The lowest BCUT2D eigenvalue weighted by atomic mass is 10.0. The minimum atomic E-state index is -3.19. The van der Waals surface area contributed by atoms with Crippen LogP contribution in [0.2, 0.25) is 0 Å². The van der Waals surface area contributed by atoms with Crippen molar-refractivity contribution in [2.24, 2.45) is 0 Å². The number of benzene rings is 1. The van der Waals surface area contributed by atoms with E-state index < -0.39 is 10.0 Å². The van der Waals surface area contributed by atoms with Crippen molar-refractivity contribution in [3.05, 3.63) is 29.8 Å². The second-order valence-electron chi connectivity index (χ2n) is 5.98. The Kier molecular flexibility index (Phi) is 3.73. The molecule has 110 valence electrons. The highest BCUT2D eigenvalue weighted by atomic mass is 32.2. The van der Waals surface area contributed by atoms with Crippen molar-refractivity contribution in [2.75, 3.05) is 17.5 Å². The van der Waals surface area contributed by atoms with Gasteiger partial charge in [0.05, 0.1) is 6.26 Å². The summed E-state index contributed by atoms with van der Waals surface area (Å²) in [5.41, 5.74) is 1.96. The first-order valence-corrected chi connectivity index (χ1v) is 9.25. The lowest BCUT2D eigenvalue weighted by Crippen LogP contribution is -2.35. The van der Waals surface area contributed by atoms with Crippen molar-refractivity contribution in [3.8, 4) is 0 Å². The molecular weight excluding hydrogens is 272 g/mol. The monoisotopic (exact) mass is 294 g/mol. The van der Waals surface area contributed by atoms with Crippen LogP contribution < -0.4 is 4.72 Å². The largest absolute Gasteiger partial charge is 0.293 e. The van der Waals surface area contributed by atoms with Gasteiger partial charge in [-0.05, 0) is 49.9 Å². The Labute approximate surface area is 121 Å². The van der Waals surface area contributed by atoms with E-state index in [1.807, 2.05) is 12.1 Å². The highest BCUT2D eigenvalue weighted by Crippen LogP contribution is 2.40. The highest BCUT2D eigenvalue weighted by Gasteiger charge is 2.35. The molecule has 1 N–H and O–H groups in total. The number of fused-ring (bicyclic) bond motifs is 1. The van der Waals surface area contributed by atoms with Crippen LogP contribution >= 0.6 is 0 Å². The molecule has 5 heteroatoms. The number of rotatable bonds is 3. The molecule has 2 aliphatic heterocycles. The lowest BCUT2D eigenvalue weighted by molar-refractivity contribution is 0.150. The maximum Gasteiger partial charge on any atom is 0.229 e. The zero-order chi connectivity index (χ0) is 14.2. The van der Waals surface area contributed by atoms with Crippen molar-refractivity contribution < 1.29 is 8.42 Å². The predicted octanol–water partition coefficient (Wildman–Crippen LogP) is 2.75. The summed E-state index contributed by atoms with van der Waals surface area (Å²) in [4.78, 5) is 2.64. The number of nitrogens with zero attached hydrogens (tertiary/aromatic N) is 1. The molecule has 2 atom stereocenters. The van der Waals surface area contributed by atoms with Crippen molar-refractivity contribution in [2.45, 2.75) is 44.2 Å². The number of hydrogen-bond donors (Lipinski definition) is 1. The van der Waals surface area contributed by atoms with Gasteiger partial charge in [-0.25, -0.2) is 8.42 Å². The molecule has 3 rings (SSSR count). The molecule has 0 aromatic heterocycles. The summed E-state index contributed by atoms with van der Waals surface area (Å²) < 4.78 is 24.9. The first kappa shape index (κ1) is 13.9. The minimum absolute atomic E-state index is 0.521. The first-order valence-electron chi connectivity index (χ1n) is 7.36. The van der Waals surface area contributed by atoms with E-state index >= 15 is 0 Å². The van der Waals surface area contributed by atoms with Crippen molar-refractivity contribution in [1.29, 1.82) is 0 Å². The number of anilines is 1. The van der Waals surface area contributed by atoms with Crippen LogP contribution in [0.4, 0.5) is 5.69 Å². The van der Waals surface area contributed by atoms with Crippen LogP contribution in [0.1, 0.15) is 43.7 Å². The standard InChI is InChI=1S/C15H22N2O2S/c1-20(18,19)16-13-7-5-12(6-8-13)15-10-9-14-4-2-3-11-17(14)15/h5-8,14-16H,2-4,9-11H2,1H3/t14-,15-/m1/s1. The summed E-state index contributed by atoms with van der Waals surface area (Å²) in [6, 6.07) is 9.15. The molecule has 0 spiro atoms. The molecule has 20 heavy (non-hydrogen) atoms. The third-order valence-electron chi connectivity index (χ3n) is 4.45. The Balaban J connectivity index is 1.74. The molecule has 0 saturated carbocycles. The maximum atomic E-state index is 11.2. The van der Waals surface area contributed by atoms with Crippen molar-refractivity contribution in [3.63, 3.8) is 0 Å². The van der Waals surface area contributed by atoms with Gasteiger partial charge in [0.15, 0.2) is 0 Å². The van der Waals surface area contributed by atoms with Gasteiger partial charge in [0.2, 0.25) is 10.0 Å². The zero-order valence-electron chi connectivity index (χ0n) is 11.9. The van der Waals surface area contributed by atoms with Gasteiger partial charge in [0.25, 0.3) is 0 Å². The molecule has 2 heterocycles. The first-order chi connectivity index (χ1) is 9.53. The van der Waals surface area contributed by atoms with E-state index in [2.05, 4.69) is 21.8 Å². The van der Waals surface area contributed by atoms with Gasteiger partial charge in [-0.2, -0.15) is 0 Å². The van der Waals surface area contributed by atoms with Crippen LogP contribution in [0.15, 0.2) is 24.3 Å². The topological polar surface area (TPSA) is 49.4 Å². The van der Waals surface area contributed by atoms with Crippen LogP contribution in [0.25, 0.3) is 0 Å². The third-order valence-corrected chi connectivity index (χ3v) is 5.05. The smallest absolute Gasteiger partial charge is 0.229 e. The number of piperidine rings is 1. The fraction of sp³-hybridized carbons (Fsp3) is 0.600. The summed E-state index contributed by atoms with van der Waals surface area (Å²) in [7, 11) is -3.19. The highest BCUT2D eigenvalue weighted by molar-refractivity contribution is 7.92. The van der Waals surface area contributed by atoms with Gasteiger partial charge in [-0.15, -0.1) is 0 Å². The number of sulfonamides is 1. The predicted molar refractivity (Wildman–Crippen MR) is 81.2 cm³/mol. The van der Waals surface area contributed by atoms with E-state index in [0.717, 1.165) is 6.04 Å². The summed E-state index contributed by atoms with van der Waals surface area (Å²) in [6.45, 7) is 1.21. The van der Waals surface area contributed by atoms with E-state index in [-0.39, 0.29) is 0 Å². The molecule has 0 radical (unpaired) electrons. The molecule has 4 nitrogen and oxygen atoms in total. The SMILES string of the molecule is CS(=O)(=O)Nc1ccc([C@H]2CC[C@H]3CCCCN32)cc1. The molecular formula is C15H22N2O2S.